The Balaban J connectivity index is 2.14. The number of thioether (sulfide) groups is 1. The zero-order chi connectivity index (χ0) is 13.7. The van der Waals surface area contributed by atoms with Gasteiger partial charge < -0.3 is 4.74 Å². The number of halogens is 1. The summed E-state index contributed by atoms with van der Waals surface area (Å²) in [5, 5.41) is 0. The first-order valence-electron chi connectivity index (χ1n) is 5.74. The standard InChI is InChI=1S/C15H13BrO2S/c1-19-14-8-2-11(3-9-14)15(10-17)18-13-6-4-12(16)5-7-13/h2-10,15H,1H3. The van der Waals surface area contributed by atoms with Gasteiger partial charge in [-0.3, -0.25) is 4.79 Å². The molecule has 98 valence electrons. The summed E-state index contributed by atoms with van der Waals surface area (Å²) in [5.74, 6) is 0.675. The fourth-order valence-corrected chi connectivity index (χ4v) is 2.30. The van der Waals surface area contributed by atoms with E-state index in [1.165, 1.54) is 0 Å². The van der Waals surface area contributed by atoms with Gasteiger partial charge in [0.1, 0.15) is 5.75 Å². The van der Waals surface area contributed by atoms with E-state index in [1.807, 2.05) is 54.8 Å². The maximum absolute atomic E-state index is 11.2. The number of carbonyl (C=O) groups is 1. The second-order valence-corrected chi connectivity index (χ2v) is 5.70. The summed E-state index contributed by atoms with van der Waals surface area (Å²) in [7, 11) is 0. The minimum absolute atomic E-state index is 0.572. The summed E-state index contributed by atoms with van der Waals surface area (Å²) in [6.45, 7) is 0. The lowest BCUT2D eigenvalue weighted by Gasteiger charge is -2.14. The van der Waals surface area contributed by atoms with Crippen LogP contribution in [0.25, 0.3) is 0 Å². The van der Waals surface area contributed by atoms with Crippen molar-refractivity contribution < 1.29 is 9.53 Å². The molecular weight excluding hydrogens is 324 g/mol. The molecule has 4 heteroatoms. The van der Waals surface area contributed by atoms with E-state index in [0.29, 0.717) is 5.75 Å². The quantitative estimate of drug-likeness (QED) is 0.594. The topological polar surface area (TPSA) is 26.3 Å². The van der Waals surface area contributed by atoms with Crippen molar-refractivity contribution in [1.29, 1.82) is 0 Å². The Bertz CT molecular complexity index is 537. The largest absolute Gasteiger partial charge is 0.478 e. The van der Waals surface area contributed by atoms with Gasteiger partial charge in [0.05, 0.1) is 0 Å². The van der Waals surface area contributed by atoms with Gasteiger partial charge in [-0.05, 0) is 48.2 Å². The maximum Gasteiger partial charge on any atom is 0.179 e. The van der Waals surface area contributed by atoms with Crippen molar-refractivity contribution in [3.8, 4) is 5.75 Å². The Morgan fingerprint density at radius 1 is 1.11 bits per heavy atom. The van der Waals surface area contributed by atoms with Crippen molar-refractivity contribution in [2.45, 2.75) is 11.0 Å². The molecule has 0 bridgehead atoms. The van der Waals surface area contributed by atoms with Crippen LogP contribution in [0.3, 0.4) is 0 Å². The van der Waals surface area contributed by atoms with Crippen molar-refractivity contribution in [3.05, 3.63) is 58.6 Å². The average molecular weight is 337 g/mol. The molecule has 19 heavy (non-hydrogen) atoms. The molecule has 0 saturated heterocycles. The third kappa shape index (κ3) is 3.85. The summed E-state index contributed by atoms with van der Waals surface area (Å²) < 4.78 is 6.66. The predicted octanol–water partition coefficient (Wildman–Crippen LogP) is 4.49. The minimum atomic E-state index is -0.572. The molecule has 0 heterocycles. The van der Waals surface area contributed by atoms with E-state index in [4.69, 9.17) is 4.74 Å². The molecule has 0 spiro atoms. The van der Waals surface area contributed by atoms with Gasteiger partial charge >= 0.3 is 0 Å². The van der Waals surface area contributed by atoms with E-state index in [1.54, 1.807) is 11.8 Å². The highest BCUT2D eigenvalue weighted by molar-refractivity contribution is 9.10. The molecule has 0 aliphatic heterocycles. The first kappa shape index (κ1) is 14.2. The summed E-state index contributed by atoms with van der Waals surface area (Å²) in [6.07, 6.45) is 2.26. The smallest absolute Gasteiger partial charge is 0.179 e. The SMILES string of the molecule is CSc1ccc(C(C=O)Oc2ccc(Br)cc2)cc1. The molecule has 2 aromatic carbocycles. The monoisotopic (exact) mass is 336 g/mol. The van der Waals surface area contributed by atoms with Crippen LogP contribution in [-0.2, 0) is 4.79 Å². The lowest BCUT2D eigenvalue weighted by Crippen LogP contribution is -2.08. The van der Waals surface area contributed by atoms with Crippen molar-refractivity contribution in [2.24, 2.45) is 0 Å². The second kappa shape index (κ2) is 6.78. The van der Waals surface area contributed by atoms with Crippen LogP contribution in [0.15, 0.2) is 57.9 Å². The number of ether oxygens (including phenoxy) is 1. The van der Waals surface area contributed by atoms with Crippen LogP contribution in [-0.4, -0.2) is 12.5 Å². The highest BCUT2D eigenvalue weighted by atomic mass is 79.9. The van der Waals surface area contributed by atoms with Crippen LogP contribution in [0.5, 0.6) is 5.75 Å². The van der Waals surface area contributed by atoms with Gasteiger partial charge in [0.15, 0.2) is 12.4 Å². The van der Waals surface area contributed by atoms with E-state index >= 15 is 0 Å². The fraction of sp³-hybridized carbons (Fsp3) is 0.133. The normalized spacial score (nSPS) is 11.9. The zero-order valence-electron chi connectivity index (χ0n) is 10.4. The van der Waals surface area contributed by atoms with Crippen molar-refractivity contribution in [3.63, 3.8) is 0 Å². The average Bonchev–Trinajstić information content (AvgIpc) is 2.47. The molecule has 0 fully saturated rings. The molecule has 0 aliphatic carbocycles. The summed E-state index contributed by atoms with van der Waals surface area (Å²) in [6, 6.07) is 15.2. The van der Waals surface area contributed by atoms with E-state index in [0.717, 1.165) is 21.2 Å². The molecule has 1 atom stereocenters. The second-order valence-electron chi connectivity index (χ2n) is 3.90. The molecule has 0 radical (unpaired) electrons. The van der Waals surface area contributed by atoms with E-state index in [2.05, 4.69) is 15.9 Å². The number of benzene rings is 2. The first-order valence-corrected chi connectivity index (χ1v) is 7.76. The Morgan fingerprint density at radius 3 is 2.26 bits per heavy atom. The van der Waals surface area contributed by atoms with E-state index in [-0.39, 0.29) is 0 Å². The van der Waals surface area contributed by atoms with Gasteiger partial charge in [-0.25, -0.2) is 0 Å². The fourth-order valence-electron chi connectivity index (χ4n) is 1.63. The van der Waals surface area contributed by atoms with Crippen molar-refractivity contribution in [2.75, 3.05) is 6.26 Å². The van der Waals surface area contributed by atoms with Crippen LogP contribution in [0.1, 0.15) is 11.7 Å². The number of carbonyl (C=O) groups excluding carboxylic acids is 1. The number of hydrogen-bond donors (Lipinski definition) is 0. The summed E-state index contributed by atoms with van der Waals surface area (Å²) in [5.41, 5.74) is 0.857. The lowest BCUT2D eigenvalue weighted by atomic mass is 10.1. The van der Waals surface area contributed by atoms with Crippen LogP contribution >= 0.6 is 27.7 Å². The Labute approximate surface area is 125 Å². The van der Waals surface area contributed by atoms with Gasteiger partial charge in [-0.1, -0.05) is 28.1 Å². The van der Waals surface area contributed by atoms with E-state index < -0.39 is 6.10 Å². The van der Waals surface area contributed by atoms with Crippen molar-refractivity contribution in [1.82, 2.24) is 0 Å². The third-order valence-corrected chi connectivity index (χ3v) is 3.92. The molecule has 0 saturated carbocycles. The first-order chi connectivity index (χ1) is 9.22. The van der Waals surface area contributed by atoms with Crippen LogP contribution in [0, 0.1) is 0 Å². The number of rotatable bonds is 5. The molecule has 0 N–H and O–H groups in total. The summed E-state index contributed by atoms with van der Waals surface area (Å²) in [4.78, 5) is 12.4. The molecule has 2 aromatic rings. The Kier molecular flexibility index (Phi) is 5.05. The van der Waals surface area contributed by atoms with Crippen LogP contribution in [0.4, 0.5) is 0 Å². The molecular formula is C15H13BrO2S. The Hall–Kier alpha value is -1.26. The minimum Gasteiger partial charge on any atom is -0.478 e. The van der Waals surface area contributed by atoms with Gasteiger partial charge in [-0.2, -0.15) is 0 Å². The molecule has 0 aromatic heterocycles. The van der Waals surface area contributed by atoms with E-state index in [9.17, 15) is 4.79 Å². The van der Waals surface area contributed by atoms with Gasteiger partial charge in [0, 0.05) is 9.37 Å². The molecule has 0 aliphatic rings. The van der Waals surface area contributed by atoms with Gasteiger partial charge in [-0.15, -0.1) is 11.8 Å². The zero-order valence-corrected chi connectivity index (χ0v) is 12.8. The van der Waals surface area contributed by atoms with Crippen LogP contribution < -0.4 is 4.74 Å². The maximum atomic E-state index is 11.2. The molecule has 2 nitrogen and oxygen atoms in total. The molecule has 1 unspecified atom stereocenters. The Morgan fingerprint density at radius 2 is 1.74 bits per heavy atom. The molecule has 0 amide bonds. The summed E-state index contributed by atoms with van der Waals surface area (Å²) >= 11 is 5.03. The third-order valence-electron chi connectivity index (χ3n) is 2.64. The highest BCUT2D eigenvalue weighted by Crippen LogP contribution is 2.24. The van der Waals surface area contributed by atoms with Crippen LogP contribution in [0.2, 0.25) is 0 Å². The molecule has 2 rings (SSSR count). The van der Waals surface area contributed by atoms with Gasteiger partial charge in [0.25, 0.3) is 0 Å². The van der Waals surface area contributed by atoms with Crippen molar-refractivity contribution >= 4 is 34.0 Å². The predicted molar refractivity (Wildman–Crippen MR) is 81.8 cm³/mol. The van der Waals surface area contributed by atoms with Gasteiger partial charge in [0.2, 0.25) is 0 Å². The lowest BCUT2D eigenvalue weighted by molar-refractivity contribution is -0.113. The number of aldehydes is 1. The number of hydrogen-bond acceptors (Lipinski definition) is 3. The highest BCUT2D eigenvalue weighted by Gasteiger charge is 2.12.